The molecule has 1 saturated carbocycles. The van der Waals surface area contributed by atoms with Crippen molar-refractivity contribution in [3.05, 3.63) is 83.7 Å². The van der Waals surface area contributed by atoms with Gasteiger partial charge in [-0.05, 0) is 36.8 Å². The van der Waals surface area contributed by atoms with Gasteiger partial charge in [0.15, 0.2) is 5.69 Å². The second-order valence-electron chi connectivity index (χ2n) is 8.74. The van der Waals surface area contributed by atoms with Crippen molar-refractivity contribution in [2.75, 3.05) is 6.54 Å². The number of nitrogens with zero attached hydrogens (tertiary/aromatic N) is 4. The summed E-state index contributed by atoms with van der Waals surface area (Å²) >= 11 is 0. The third-order valence-corrected chi connectivity index (χ3v) is 6.59. The van der Waals surface area contributed by atoms with Gasteiger partial charge in [-0.15, -0.1) is 5.10 Å². The van der Waals surface area contributed by atoms with Crippen LogP contribution in [0.15, 0.2) is 66.9 Å². The van der Waals surface area contributed by atoms with Gasteiger partial charge in [0.2, 0.25) is 5.91 Å². The molecule has 0 bridgehead atoms. The van der Waals surface area contributed by atoms with Crippen LogP contribution < -0.4 is 5.32 Å². The van der Waals surface area contributed by atoms with Crippen LogP contribution in [0.5, 0.6) is 0 Å². The van der Waals surface area contributed by atoms with E-state index in [4.69, 9.17) is 0 Å². The highest BCUT2D eigenvalue weighted by Gasteiger charge is 2.54. The third kappa shape index (κ3) is 4.02. The minimum Gasteiger partial charge on any atom is -0.347 e. The fourth-order valence-electron chi connectivity index (χ4n) is 4.65. The van der Waals surface area contributed by atoms with Gasteiger partial charge in [-0.1, -0.05) is 65.9 Å². The van der Waals surface area contributed by atoms with Crippen molar-refractivity contribution in [1.29, 1.82) is 0 Å². The first-order chi connectivity index (χ1) is 15.7. The molecule has 0 radical (unpaired) electrons. The van der Waals surface area contributed by atoms with Crippen LogP contribution in [0.2, 0.25) is 0 Å². The van der Waals surface area contributed by atoms with E-state index in [-0.39, 0.29) is 23.3 Å². The van der Waals surface area contributed by atoms with Gasteiger partial charge < -0.3 is 10.2 Å². The second-order valence-corrected chi connectivity index (χ2v) is 8.74. The second kappa shape index (κ2) is 8.57. The third-order valence-electron chi connectivity index (χ3n) is 6.59. The van der Waals surface area contributed by atoms with E-state index in [1.165, 1.54) is 0 Å². The fraction of sp³-hybridized carbons (Fsp3) is 0.360. The van der Waals surface area contributed by atoms with Gasteiger partial charge in [-0.2, -0.15) is 0 Å². The van der Waals surface area contributed by atoms with Crippen LogP contribution in [-0.4, -0.2) is 44.3 Å². The molecule has 1 N–H and O–H groups in total. The smallest absolute Gasteiger partial charge is 0.273 e. The molecule has 2 fully saturated rings. The fourth-order valence-corrected chi connectivity index (χ4v) is 4.65. The summed E-state index contributed by atoms with van der Waals surface area (Å²) < 4.78 is 1.69. The maximum atomic E-state index is 13.5. The molecule has 164 valence electrons. The SMILES string of the molecule is O=C(NCc1ccccc1)c1cn(CC2CCCN2C(=O)C2(c3ccccc3)CC2)nn1. The Hall–Kier alpha value is -3.48. The number of rotatable bonds is 7. The summed E-state index contributed by atoms with van der Waals surface area (Å²) in [5.41, 5.74) is 2.09. The van der Waals surface area contributed by atoms with Gasteiger partial charge in [0, 0.05) is 13.1 Å². The van der Waals surface area contributed by atoms with Crippen molar-refractivity contribution in [2.24, 2.45) is 0 Å². The molecule has 7 heteroatoms. The van der Waals surface area contributed by atoms with E-state index in [2.05, 4.69) is 27.8 Å². The number of hydrogen-bond donors (Lipinski definition) is 1. The predicted octanol–water partition coefficient (Wildman–Crippen LogP) is 2.93. The van der Waals surface area contributed by atoms with Gasteiger partial charge in [-0.3, -0.25) is 9.59 Å². The van der Waals surface area contributed by atoms with Crippen LogP contribution in [-0.2, 0) is 23.3 Å². The molecule has 1 aliphatic carbocycles. The average molecular weight is 430 g/mol. The van der Waals surface area contributed by atoms with Gasteiger partial charge in [0.25, 0.3) is 5.91 Å². The van der Waals surface area contributed by atoms with Crippen molar-refractivity contribution in [1.82, 2.24) is 25.2 Å². The Morgan fingerprint density at radius 2 is 1.75 bits per heavy atom. The van der Waals surface area contributed by atoms with Crippen LogP contribution in [0, 0.1) is 0 Å². The number of benzene rings is 2. The number of carbonyl (C=O) groups is 2. The zero-order valence-electron chi connectivity index (χ0n) is 18.0. The number of amides is 2. The van der Waals surface area contributed by atoms with Crippen molar-refractivity contribution >= 4 is 11.8 Å². The molecule has 2 heterocycles. The van der Waals surface area contributed by atoms with E-state index >= 15 is 0 Å². The van der Waals surface area contributed by atoms with E-state index in [1.807, 2.05) is 53.4 Å². The van der Waals surface area contributed by atoms with Gasteiger partial charge in [0.1, 0.15) is 0 Å². The standard InChI is InChI=1S/C25H27N5O2/c31-23(26-16-19-8-3-1-4-9-19)22-18-29(28-27-22)17-21-12-7-15-30(21)24(32)25(13-14-25)20-10-5-2-6-11-20/h1-6,8-11,18,21H,7,12-17H2,(H,26,31). The summed E-state index contributed by atoms with van der Waals surface area (Å²) in [7, 11) is 0. The van der Waals surface area contributed by atoms with Crippen molar-refractivity contribution in [2.45, 2.75) is 50.2 Å². The Morgan fingerprint density at radius 3 is 2.47 bits per heavy atom. The van der Waals surface area contributed by atoms with Crippen molar-refractivity contribution < 1.29 is 9.59 Å². The van der Waals surface area contributed by atoms with Crippen molar-refractivity contribution in [3.8, 4) is 0 Å². The maximum Gasteiger partial charge on any atom is 0.273 e. The van der Waals surface area contributed by atoms with Crippen LogP contribution >= 0.6 is 0 Å². The Balaban J connectivity index is 1.22. The van der Waals surface area contributed by atoms with Crippen LogP contribution in [0.1, 0.15) is 47.3 Å². The topological polar surface area (TPSA) is 80.1 Å². The molecule has 1 aromatic heterocycles. The molecular formula is C25H27N5O2. The van der Waals surface area contributed by atoms with E-state index in [0.717, 1.165) is 43.4 Å². The minimum atomic E-state index is -0.352. The first-order valence-corrected chi connectivity index (χ1v) is 11.2. The Bertz CT molecular complexity index is 1090. The summed E-state index contributed by atoms with van der Waals surface area (Å²) in [4.78, 5) is 28.0. The summed E-state index contributed by atoms with van der Waals surface area (Å²) in [6.45, 7) is 1.77. The monoisotopic (exact) mass is 429 g/mol. The largest absolute Gasteiger partial charge is 0.347 e. The molecule has 3 aromatic rings. The lowest BCUT2D eigenvalue weighted by molar-refractivity contribution is -0.135. The summed E-state index contributed by atoms with van der Waals surface area (Å²) in [6, 6.07) is 19.9. The zero-order valence-corrected chi connectivity index (χ0v) is 18.0. The lowest BCUT2D eigenvalue weighted by Gasteiger charge is -2.29. The molecule has 32 heavy (non-hydrogen) atoms. The Morgan fingerprint density at radius 1 is 1.03 bits per heavy atom. The van der Waals surface area contributed by atoms with Crippen LogP contribution in [0.4, 0.5) is 0 Å². The number of nitrogens with one attached hydrogen (secondary N) is 1. The minimum absolute atomic E-state index is 0.0746. The lowest BCUT2D eigenvalue weighted by Crippen LogP contribution is -2.44. The summed E-state index contributed by atoms with van der Waals surface area (Å²) in [5.74, 6) is -0.0207. The van der Waals surface area contributed by atoms with Crippen molar-refractivity contribution in [3.63, 3.8) is 0 Å². The van der Waals surface area contributed by atoms with Crippen LogP contribution in [0.3, 0.4) is 0 Å². The first-order valence-electron chi connectivity index (χ1n) is 11.2. The van der Waals surface area contributed by atoms with E-state index in [0.29, 0.717) is 18.8 Å². The molecule has 7 nitrogen and oxygen atoms in total. The zero-order chi connectivity index (χ0) is 22.0. The Labute approximate surface area is 187 Å². The first kappa shape index (κ1) is 20.4. The molecule has 0 spiro atoms. The van der Waals surface area contributed by atoms with E-state index in [9.17, 15) is 9.59 Å². The predicted molar refractivity (Wildman–Crippen MR) is 120 cm³/mol. The molecule has 1 saturated heterocycles. The number of carbonyl (C=O) groups excluding carboxylic acids is 2. The maximum absolute atomic E-state index is 13.5. The molecular weight excluding hydrogens is 402 g/mol. The average Bonchev–Trinajstić information content (AvgIpc) is 3.30. The molecule has 2 amide bonds. The van der Waals surface area contributed by atoms with Gasteiger partial charge in [0.05, 0.1) is 24.2 Å². The highest BCUT2D eigenvalue weighted by molar-refractivity contribution is 5.92. The molecule has 5 rings (SSSR count). The molecule has 1 unspecified atom stereocenters. The number of likely N-dealkylation sites (tertiary alicyclic amines) is 1. The molecule has 1 aliphatic heterocycles. The molecule has 2 aromatic carbocycles. The van der Waals surface area contributed by atoms with E-state index in [1.54, 1.807) is 10.9 Å². The highest BCUT2D eigenvalue weighted by Crippen LogP contribution is 2.50. The van der Waals surface area contributed by atoms with Gasteiger partial charge >= 0.3 is 0 Å². The van der Waals surface area contributed by atoms with Gasteiger partial charge in [-0.25, -0.2) is 4.68 Å². The van der Waals surface area contributed by atoms with E-state index < -0.39 is 0 Å². The lowest BCUT2D eigenvalue weighted by atomic mass is 9.94. The number of hydrogen-bond acceptors (Lipinski definition) is 4. The summed E-state index contributed by atoms with van der Waals surface area (Å²) in [6.07, 6.45) is 5.42. The summed E-state index contributed by atoms with van der Waals surface area (Å²) in [5, 5.41) is 11.1. The highest BCUT2D eigenvalue weighted by atomic mass is 16.2. The molecule has 2 aliphatic rings. The van der Waals surface area contributed by atoms with Crippen LogP contribution in [0.25, 0.3) is 0 Å². The Kier molecular flexibility index (Phi) is 5.47. The molecule has 1 atom stereocenters. The normalized spacial score (nSPS) is 19.0. The quantitative estimate of drug-likeness (QED) is 0.626. The number of aromatic nitrogens is 3.